The molecule has 1 aromatic rings. The Morgan fingerprint density at radius 2 is 2.11 bits per heavy atom. The topological polar surface area (TPSA) is 93.5 Å². The molecule has 1 fully saturated rings. The largest absolute Gasteiger partial charge is 0.370 e. The number of hydrogen-bond donors (Lipinski definition) is 3. The number of rotatable bonds is 4. The first-order valence-corrected chi connectivity index (χ1v) is 5.60. The van der Waals surface area contributed by atoms with Crippen LogP contribution in [0.2, 0.25) is 0 Å². The number of nitrogens with zero attached hydrogens (tertiary/aromatic N) is 1. The smallest absolute Gasteiger partial charge is 0.248 e. The third-order valence-electron chi connectivity index (χ3n) is 2.57. The van der Waals surface area contributed by atoms with Crippen molar-refractivity contribution in [1.82, 2.24) is 5.32 Å². The summed E-state index contributed by atoms with van der Waals surface area (Å²) in [6.07, 6.45) is 2.32. The number of guanidine groups is 1. The molecule has 1 amide bonds. The predicted molar refractivity (Wildman–Crippen MR) is 81.9 cm³/mol. The lowest BCUT2D eigenvalue weighted by Gasteiger charge is -2.03. The summed E-state index contributed by atoms with van der Waals surface area (Å²) < 4.78 is 0. The minimum absolute atomic E-state index is 0. The number of carbonyl (C=O) groups is 1. The van der Waals surface area contributed by atoms with Crippen molar-refractivity contribution in [2.45, 2.75) is 25.4 Å². The van der Waals surface area contributed by atoms with Crippen molar-refractivity contribution in [2.75, 3.05) is 0 Å². The lowest BCUT2D eigenvalue weighted by Crippen LogP contribution is -2.33. The van der Waals surface area contributed by atoms with E-state index in [9.17, 15) is 4.79 Å². The Bertz CT molecular complexity index is 457. The second-order valence-corrected chi connectivity index (χ2v) is 4.18. The van der Waals surface area contributed by atoms with Crippen LogP contribution in [0.4, 0.5) is 0 Å². The SMILES string of the molecule is I.NC(=O)c1cccc(CN=C(N)NC2CC2)c1. The fourth-order valence-electron chi connectivity index (χ4n) is 1.48. The Kier molecular flexibility index (Phi) is 5.39. The fourth-order valence-corrected chi connectivity index (χ4v) is 1.48. The van der Waals surface area contributed by atoms with Crippen molar-refractivity contribution in [3.8, 4) is 0 Å². The third kappa shape index (κ3) is 4.52. The molecule has 0 bridgehead atoms. The Balaban J connectivity index is 0.00000162. The molecule has 5 nitrogen and oxygen atoms in total. The van der Waals surface area contributed by atoms with Crippen molar-refractivity contribution in [2.24, 2.45) is 16.5 Å². The highest BCUT2D eigenvalue weighted by Gasteiger charge is 2.21. The molecular formula is C12H17IN4O. The molecule has 1 saturated carbocycles. The Hall–Kier alpha value is -1.31. The van der Waals surface area contributed by atoms with Gasteiger partial charge in [0.15, 0.2) is 5.96 Å². The molecule has 0 aliphatic heterocycles. The van der Waals surface area contributed by atoms with E-state index in [2.05, 4.69) is 10.3 Å². The quantitative estimate of drug-likeness (QED) is 0.424. The molecule has 0 unspecified atom stereocenters. The summed E-state index contributed by atoms with van der Waals surface area (Å²) >= 11 is 0. The van der Waals surface area contributed by atoms with Crippen LogP contribution in [0.15, 0.2) is 29.3 Å². The summed E-state index contributed by atoms with van der Waals surface area (Å²) in [6.45, 7) is 0.451. The third-order valence-corrected chi connectivity index (χ3v) is 2.57. The molecule has 2 rings (SSSR count). The van der Waals surface area contributed by atoms with Crippen molar-refractivity contribution >= 4 is 35.8 Å². The summed E-state index contributed by atoms with van der Waals surface area (Å²) in [6, 6.07) is 7.59. The van der Waals surface area contributed by atoms with Gasteiger partial charge in [-0.3, -0.25) is 4.79 Å². The van der Waals surface area contributed by atoms with Crippen LogP contribution in [0.3, 0.4) is 0 Å². The van der Waals surface area contributed by atoms with E-state index in [-0.39, 0.29) is 24.0 Å². The Morgan fingerprint density at radius 1 is 1.39 bits per heavy atom. The molecule has 6 heteroatoms. The first-order valence-electron chi connectivity index (χ1n) is 5.60. The zero-order valence-corrected chi connectivity index (χ0v) is 12.3. The molecule has 1 aromatic carbocycles. The number of halogens is 1. The van der Waals surface area contributed by atoms with E-state index < -0.39 is 5.91 Å². The zero-order chi connectivity index (χ0) is 12.3. The van der Waals surface area contributed by atoms with Gasteiger partial charge in [-0.2, -0.15) is 0 Å². The lowest BCUT2D eigenvalue weighted by atomic mass is 10.1. The minimum atomic E-state index is -0.431. The second kappa shape index (κ2) is 6.58. The maximum Gasteiger partial charge on any atom is 0.248 e. The normalized spacial score (nSPS) is 14.8. The van der Waals surface area contributed by atoms with Crippen LogP contribution in [0, 0.1) is 0 Å². The maximum absolute atomic E-state index is 11.0. The number of amides is 1. The number of carbonyl (C=O) groups excluding carboxylic acids is 1. The van der Waals surface area contributed by atoms with Crippen LogP contribution >= 0.6 is 24.0 Å². The van der Waals surface area contributed by atoms with Crippen LogP contribution in [0.25, 0.3) is 0 Å². The summed E-state index contributed by atoms with van der Waals surface area (Å²) in [5.41, 5.74) is 12.3. The van der Waals surface area contributed by atoms with Gasteiger partial charge >= 0.3 is 0 Å². The fraction of sp³-hybridized carbons (Fsp3) is 0.333. The second-order valence-electron chi connectivity index (χ2n) is 4.18. The van der Waals surface area contributed by atoms with Gasteiger partial charge in [-0.25, -0.2) is 4.99 Å². The number of benzene rings is 1. The molecule has 1 aliphatic carbocycles. The Labute approximate surface area is 123 Å². The summed E-state index contributed by atoms with van der Waals surface area (Å²) in [7, 11) is 0. The molecule has 98 valence electrons. The van der Waals surface area contributed by atoms with Crippen LogP contribution in [0.5, 0.6) is 0 Å². The van der Waals surface area contributed by atoms with E-state index in [0.29, 0.717) is 24.1 Å². The first kappa shape index (κ1) is 14.7. The van der Waals surface area contributed by atoms with E-state index >= 15 is 0 Å². The molecule has 0 heterocycles. The molecule has 0 radical (unpaired) electrons. The summed E-state index contributed by atoms with van der Waals surface area (Å²) in [4.78, 5) is 15.2. The highest BCUT2D eigenvalue weighted by molar-refractivity contribution is 14.0. The van der Waals surface area contributed by atoms with E-state index in [0.717, 1.165) is 18.4 Å². The monoisotopic (exact) mass is 360 g/mol. The maximum atomic E-state index is 11.0. The zero-order valence-electron chi connectivity index (χ0n) is 9.93. The van der Waals surface area contributed by atoms with Gasteiger partial charge in [0.25, 0.3) is 0 Å². The van der Waals surface area contributed by atoms with Crippen molar-refractivity contribution < 1.29 is 4.79 Å². The summed E-state index contributed by atoms with van der Waals surface area (Å²) in [5.74, 6) is 0.0249. The van der Waals surface area contributed by atoms with Crippen LogP contribution < -0.4 is 16.8 Å². The summed E-state index contributed by atoms with van der Waals surface area (Å²) in [5, 5.41) is 3.10. The van der Waals surface area contributed by atoms with Crippen molar-refractivity contribution in [1.29, 1.82) is 0 Å². The molecule has 18 heavy (non-hydrogen) atoms. The number of nitrogens with one attached hydrogen (secondary N) is 1. The molecule has 1 aliphatic rings. The Morgan fingerprint density at radius 3 is 2.72 bits per heavy atom. The molecule has 0 spiro atoms. The van der Waals surface area contributed by atoms with Gasteiger partial charge < -0.3 is 16.8 Å². The lowest BCUT2D eigenvalue weighted by molar-refractivity contribution is 0.1000. The van der Waals surface area contributed by atoms with Crippen LogP contribution in [0.1, 0.15) is 28.8 Å². The average molecular weight is 360 g/mol. The number of hydrogen-bond acceptors (Lipinski definition) is 2. The average Bonchev–Trinajstić information content (AvgIpc) is 3.11. The number of primary amides is 1. The number of nitrogens with two attached hydrogens (primary N) is 2. The standard InChI is InChI=1S/C12H16N4O.HI/c13-11(17)9-3-1-2-8(6-9)7-15-12(14)16-10-4-5-10;/h1-3,6,10H,4-5,7H2,(H2,13,17)(H3,14,15,16);1H. The predicted octanol–water partition coefficient (Wildman–Crippen LogP) is 0.970. The molecule has 0 aromatic heterocycles. The highest BCUT2D eigenvalue weighted by atomic mass is 127. The van der Waals surface area contributed by atoms with Gasteiger partial charge in [0.2, 0.25) is 5.91 Å². The highest BCUT2D eigenvalue weighted by Crippen LogP contribution is 2.18. The molecule has 5 N–H and O–H groups in total. The van der Waals surface area contributed by atoms with E-state index in [1.807, 2.05) is 6.07 Å². The van der Waals surface area contributed by atoms with Gasteiger partial charge in [-0.15, -0.1) is 24.0 Å². The molecule has 0 saturated heterocycles. The van der Waals surface area contributed by atoms with Gasteiger partial charge in [0, 0.05) is 11.6 Å². The van der Waals surface area contributed by atoms with Crippen molar-refractivity contribution in [3.63, 3.8) is 0 Å². The van der Waals surface area contributed by atoms with Gasteiger partial charge in [0.05, 0.1) is 6.54 Å². The minimum Gasteiger partial charge on any atom is -0.370 e. The first-order chi connectivity index (χ1) is 8.15. The molecular weight excluding hydrogens is 343 g/mol. The molecule has 0 atom stereocenters. The van der Waals surface area contributed by atoms with E-state index in [1.54, 1.807) is 18.2 Å². The van der Waals surface area contributed by atoms with Crippen LogP contribution in [-0.2, 0) is 6.54 Å². The van der Waals surface area contributed by atoms with Crippen molar-refractivity contribution in [3.05, 3.63) is 35.4 Å². The van der Waals surface area contributed by atoms with E-state index in [4.69, 9.17) is 11.5 Å². The van der Waals surface area contributed by atoms with Gasteiger partial charge in [-0.05, 0) is 30.5 Å². The van der Waals surface area contributed by atoms with Gasteiger partial charge in [-0.1, -0.05) is 12.1 Å². The van der Waals surface area contributed by atoms with E-state index in [1.165, 1.54) is 0 Å². The number of aliphatic imine (C=N–C) groups is 1. The van der Waals surface area contributed by atoms with Crippen LogP contribution in [-0.4, -0.2) is 17.9 Å². The van der Waals surface area contributed by atoms with Gasteiger partial charge in [0.1, 0.15) is 0 Å².